The van der Waals surface area contributed by atoms with Crippen molar-refractivity contribution in [3.63, 3.8) is 0 Å². The van der Waals surface area contributed by atoms with E-state index in [1.54, 1.807) is 0 Å². The molecule has 58 valence electrons. The van der Waals surface area contributed by atoms with Crippen LogP contribution in [0, 0.1) is 0 Å². The number of aliphatic hydroxyl groups is 1. The third kappa shape index (κ3) is 1.68. The van der Waals surface area contributed by atoms with E-state index in [9.17, 15) is 9.90 Å². The minimum atomic E-state index is -1.24. The highest BCUT2D eigenvalue weighted by Gasteiger charge is 2.20. The van der Waals surface area contributed by atoms with E-state index in [-0.39, 0.29) is 6.42 Å². The summed E-state index contributed by atoms with van der Waals surface area (Å²) in [5, 5.41) is 19.1. The van der Waals surface area contributed by atoms with Gasteiger partial charge in [-0.25, -0.2) is 0 Å². The zero-order valence-electron chi connectivity index (χ0n) is 5.45. The van der Waals surface area contributed by atoms with Gasteiger partial charge < -0.3 is 19.7 Å². The van der Waals surface area contributed by atoms with Crippen LogP contribution in [0.5, 0.6) is 0 Å². The van der Waals surface area contributed by atoms with Crippen molar-refractivity contribution < 1.29 is 19.7 Å². The minimum Gasteiger partial charge on any atom is -0.547 e. The maximum absolute atomic E-state index is 10.2. The van der Waals surface area contributed by atoms with E-state index >= 15 is 0 Å². The smallest absolute Gasteiger partial charge is 0.0993 e. The van der Waals surface area contributed by atoms with E-state index in [4.69, 9.17) is 9.84 Å². The van der Waals surface area contributed by atoms with Crippen LogP contribution in [0.1, 0.15) is 12.8 Å². The Hall–Kier alpha value is -0.610. The monoisotopic (exact) mass is 145 g/mol. The van der Waals surface area contributed by atoms with Crippen LogP contribution in [0.15, 0.2) is 0 Å². The predicted molar refractivity (Wildman–Crippen MR) is 30.0 cm³/mol. The van der Waals surface area contributed by atoms with E-state index in [0.29, 0.717) is 13.0 Å². The zero-order chi connectivity index (χ0) is 7.56. The molecule has 1 saturated heterocycles. The van der Waals surface area contributed by atoms with Gasteiger partial charge in [0.15, 0.2) is 0 Å². The van der Waals surface area contributed by atoms with E-state index in [1.165, 1.54) is 0 Å². The number of carbonyl (C=O) groups is 1. The Labute approximate surface area is 58.4 Å². The normalized spacial score (nSPS) is 33.7. The van der Waals surface area contributed by atoms with Gasteiger partial charge in [0.25, 0.3) is 0 Å². The Balaban J connectivity index is 2.39. The number of hydrogen-bond acceptors (Lipinski definition) is 4. The molecule has 0 amide bonds. The number of hydrogen-bond donors (Lipinski definition) is 1. The fraction of sp³-hybridized carbons (Fsp3) is 0.833. The molecule has 4 heteroatoms. The lowest BCUT2D eigenvalue weighted by atomic mass is 10.1. The van der Waals surface area contributed by atoms with Crippen molar-refractivity contribution in [3.8, 4) is 0 Å². The molecule has 1 heterocycles. The number of ether oxygens (including phenoxy) is 1. The molecule has 1 N–H and O–H groups in total. The summed E-state index contributed by atoms with van der Waals surface area (Å²) < 4.78 is 4.79. The Kier molecular flexibility index (Phi) is 2.24. The number of aliphatic hydroxyl groups excluding tert-OH is 1. The molecule has 4 nitrogen and oxygen atoms in total. The first-order valence-corrected chi connectivity index (χ1v) is 3.20. The summed E-state index contributed by atoms with van der Waals surface area (Å²) in [4.78, 5) is 10.2. The van der Waals surface area contributed by atoms with E-state index in [0.717, 1.165) is 0 Å². The molecule has 1 aliphatic rings. The van der Waals surface area contributed by atoms with Crippen LogP contribution >= 0.6 is 0 Å². The topological polar surface area (TPSA) is 69.6 Å². The quantitative estimate of drug-likeness (QED) is 0.476. The van der Waals surface area contributed by atoms with Gasteiger partial charge in [0.1, 0.15) is 0 Å². The van der Waals surface area contributed by atoms with Crippen molar-refractivity contribution in [2.75, 3.05) is 6.61 Å². The molecular formula is C6H9O4-. The summed E-state index contributed by atoms with van der Waals surface area (Å²) >= 11 is 0. The van der Waals surface area contributed by atoms with E-state index in [1.807, 2.05) is 0 Å². The lowest BCUT2D eigenvalue weighted by Crippen LogP contribution is -2.42. The van der Waals surface area contributed by atoms with E-state index in [2.05, 4.69) is 0 Å². The fourth-order valence-corrected chi connectivity index (χ4v) is 0.944. The SMILES string of the molecule is O=C([O-])C1C[C@@H](O)CCO1. The largest absolute Gasteiger partial charge is 0.547 e. The lowest BCUT2D eigenvalue weighted by molar-refractivity contribution is -0.319. The van der Waals surface area contributed by atoms with Crippen LogP contribution in [0.25, 0.3) is 0 Å². The Morgan fingerprint density at radius 3 is 2.80 bits per heavy atom. The van der Waals surface area contributed by atoms with Crippen LogP contribution in [0.2, 0.25) is 0 Å². The molecule has 0 saturated carbocycles. The molecule has 1 rings (SSSR count). The van der Waals surface area contributed by atoms with Gasteiger partial charge in [-0.2, -0.15) is 0 Å². The average molecular weight is 145 g/mol. The number of carboxylic acids is 1. The van der Waals surface area contributed by atoms with Gasteiger partial charge in [-0.15, -0.1) is 0 Å². The van der Waals surface area contributed by atoms with Crippen molar-refractivity contribution in [1.29, 1.82) is 0 Å². The van der Waals surface area contributed by atoms with Crippen LogP contribution < -0.4 is 5.11 Å². The summed E-state index contributed by atoms with van der Waals surface area (Å²) in [6.45, 7) is 0.305. The average Bonchev–Trinajstić information content (AvgIpc) is 1.88. The highest BCUT2D eigenvalue weighted by Crippen LogP contribution is 2.12. The molecule has 1 aliphatic heterocycles. The summed E-state index contributed by atoms with van der Waals surface area (Å²) in [5.41, 5.74) is 0. The van der Waals surface area contributed by atoms with E-state index < -0.39 is 18.2 Å². The highest BCUT2D eigenvalue weighted by atomic mass is 16.5. The molecule has 0 spiro atoms. The number of aliphatic carboxylic acids is 1. The minimum absolute atomic E-state index is 0.155. The molecule has 1 fully saturated rings. The van der Waals surface area contributed by atoms with Crippen molar-refractivity contribution in [2.24, 2.45) is 0 Å². The summed E-state index contributed by atoms with van der Waals surface area (Å²) in [7, 11) is 0. The van der Waals surface area contributed by atoms with Crippen molar-refractivity contribution in [3.05, 3.63) is 0 Å². The molecular weight excluding hydrogens is 136 g/mol. The van der Waals surface area contributed by atoms with Gasteiger partial charge in [0.05, 0.1) is 18.2 Å². The third-order valence-electron chi connectivity index (χ3n) is 1.52. The first-order chi connectivity index (χ1) is 4.70. The predicted octanol–water partition coefficient (Wildman–Crippen LogP) is -1.72. The molecule has 0 radical (unpaired) electrons. The van der Waals surface area contributed by atoms with Crippen LogP contribution in [-0.4, -0.2) is 29.9 Å². The van der Waals surface area contributed by atoms with Crippen molar-refractivity contribution >= 4 is 5.97 Å². The highest BCUT2D eigenvalue weighted by molar-refractivity contribution is 5.70. The second-order valence-electron chi connectivity index (χ2n) is 2.36. The maximum Gasteiger partial charge on any atom is 0.0993 e. The standard InChI is InChI=1S/C6H10O4/c7-4-1-2-10-5(3-4)6(8)9/h4-5,7H,1-3H2,(H,8,9)/p-1/t4-,5?/m0/s1. The molecule has 0 aromatic carbocycles. The Bertz CT molecular complexity index is 134. The fourth-order valence-electron chi connectivity index (χ4n) is 0.944. The molecule has 0 aromatic rings. The first-order valence-electron chi connectivity index (χ1n) is 3.20. The first kappa shape index (κ1) is 7.50. The van der Waals surface area contributed by atoms with Gasteiger partial charge in [0.2, 0.25) is 0 Å². The van der Waals surface area contributed by atoms with Gasteiger partial charge >= 0.3 is 0 Å². The van der Waals surface area contributed by atoms with Gasteiger partial charge in [-0.05, 0) is 6.42 Å². The zero-order valence-corrected chi connectivity index (χ0v) is 5.45. The van der Waals surface area contributed by atoms with Crippen molar-refractivity contribution in [2.45, 2.75) is 25.0 Å². The number of rotatable bonds is 1. The lowest BCUT2D eigenvalue weighted by Gasteiger charge is -2.26. The Morgan fingerprint density at radius 1 is 1.70 bits per heavy atom. The molecule has 0 aliphatic carbocycles. The van der Waals surface area contributed by atoms with Gasteiger partial charge in [-0.1, -0.05) is 0 Å². The molecule has 0 bridgehead atoms. The molecule has 2 atom stereocenters. The second kappa shape index (κ2) is 2.98. The number of carboxylic acid groups (broad SMARTS) is 1. The summed E-state index contributed by atoms with van der Waals surface area (Å²) in [6.07, 6.45) is -0.785. The number of carbonyl (C=O) groups excluding carboxylic acids is 1. The molecule has 1 unspecified atom stereocenters. The summed E-state index contributed by atoms with van der Waals surface area (Å²) in [5.74, 6) is -1.24. The maximum atomic E-state index is 10.2. The third-order valence-corrected chi connectivity index (χ3v) is 1.52. The second-order valence-corrected chi connectivity index (χ2v) is 2.36. The Morgan fingerprint density at radius 2 is 2.40 bits per heavy atom. The van der Waals surface area contributed by atoms with Crippen LogP contribution in [0.3, 0.4) is 0 Å². The van der Waals surface area contributed by atoms with Gasteiger partial charge in [0, 0.05) is 13.0 Å². The van der Waals surface area contributed by atoms with Crippen LogP contribution in [0.4, 0.5) is 0 Å². The molecule has 10 heavy (non-hydrogen) atoms. The van der Waals surface area contributed by atoms with Crippen molar-refractivity contribution in [1.82, 2.24) is 0 Å². The van der Waals surface area contributed by atoms with Crippen LogP contribution in [-0.2, 0) is 9.53 Å². The van der Waals surface area contributed by atoms with Gasteiger partial charge in [-0.3, -0.25) is 0 Å². The molecule has 0 aromatic heterocycles. The summed E-state index contributed by atoms with van der Waals surface area (Å²) in [6, 6.07) is 0.